The van der Waals surface area contributed by atoms with Crippen LogP contribution in [0.1, 0.15) is 0 Å². The third-order valence-electron chi connectivity index (χ3n) is 2.87. The molecule has 3 heteroatoms. The minimum Gasteiger partial charge on any atom is -0.355 e. The molecule has 1 unspecified atom stereocenters. The lowest BCUT2D eigenvalue weighted by Gasteiger charge is -2.20. The largest absolute Gasteiger partial charge is 0.355 e. The van der Waals surface area contributed by atoms with Crippen LogP contribution < -0.4 is 10.4 Å². The number of rotatable bonds is 0. The molecule has 2 heterocycles. The van der Waals surface area contributed by atoms with E-state index in [1.807, 2.05) is 36.5 Å². The Morgan fingerprint density at radius 2 is 1.87 bits per heavy atom. The molecule has 1 aromatic carbocycles. The number of ketones is 2. The van der Waals surface area contributed by atoms with Gasteiger partial charge in [-0.1, -0.05) is 24.3 Å². The van der Waals surface area contributed by atoms with Crippen LogP contribution in [0.15, 0.2) is 24.3 Å². The molecule has 0 amide bonds. The fraction of sp³-hybridized carbons (Fsp3) is 0.167. The van der Waals surface area contributed by atoms with Gasteiger partial charge in [0, 0.05) is 6.20 Å². The predicted octanol–water partition coefficient (Wildman–Crippen LogP) is -0.959. The number of carbonyl (C=O) groups excluding carboxylic acids is 2. The van der Waals surface area contributed by atoms with Crippen LogP contribution in [0.3, 0.4) is 0 Å². The van der Waals surface area contributed by atoms with E-state index in [0.29, 0.717) is 0 Å². The SMILES string of the molecule is O=C1CN2C=c3ccccc3=CC2C1=O. The minimum atomic E-state index is -0.368. The maximum absolute atomic E-state index is 11.5. The molecule has 2 aliphatic rings. The van der Waals surface area contributed by atoms with Crippen molar-refractivity contribution in [3.63, 3.8) is 0 Å². The van der Waals surface area contributed by atoms with Crippen LogP contribution in [-0.4, -0.2) is 29.1 Å². The van der Waals surface area contributed by atoms with Crippen LogP contribution in [0.25, 0.3) is 12.3 Å². The second-order valence-electron chi connectivity index (χ2n) is 3.83. The summed E-state index contributed by atoms with van der Waals surface area (Å²) in [5, 5.41) is 2.10. The molecule has 1 fully saturated rings. The van der Waals surface area contributed by atoms with Crippen molar-refractivity contribution < 1.29 is 9.59 Å². The zero-order chi connectivity index (χ0) is 10.4. The lowest BCUT2D eigenvalue weighted by Crippen LogP contribution is -2.40. The quantitative estimate of drug-likeness (QED) is 0.505. The first-order chi connectivity index (χ1) is 7.25. The van der Waals surface area contributed by atoms with Crippen molar-refractivity contribution in [2.75, 3.05) is 6.54 Å². The predicted molar refractivity (Wildman–Crippen MR) is 55.1 cm³/mol. The summed E-state index contributed by atoms with van der Waals surface area (Å²) < 4.78 is 0. The molecule has 0 aliphatic carbocycles. The van der Waals surface area contributed by atoms with Crippen LogP contribution in [0, 0.1) is 0 Å². The van der Waals surface area contributed by atoms with Crippen molar-refractivity contribution in [2.45, 2.75) is 6.04 Å². The molecular weight excluding hydrogens is 190 g/mol. The number of nitrogens with zero attached hydrogens (tertiary/aromatic N) is 1. The van der Waals surface area contributed by atoms with Gasteiger partial charge in [0.05, 0.1) is 6.54 Å². The van der Waals surface area contributed by atoms with Gasteiger partial charge in [0.15, 0.2) is 0 Å². The number of benzene rings is 1. The third-order valence-corrected chi connectivity index (χ3v) is 2.87. The fourth-order valence-electron chi connectivity index (χ4n) is 2.08. The molecule has 2 aliphatic heterocycles. The average Bonchev–Trinajstić information content (AvgIpc) is 2.52. The standard InChI is InChI=1S/C12H9NO2/c14-11-7-13-6-9-4-2-1-3-8(9)5-10(13)12(11)15/h1-6,10H,7H2. The smallest absolute Gasteiger partial charge is 0.226 e. The first kappa shape index (κ1) is 8.41. The Balaban J connectivity index is 2.24. The Morgan fingerprint density at radius 1 is 1.13 bits per heavy atom. The molecule has 1 atom stereocenters. The number of carbonyl (C=O) groups is 2. The summed E-state index contributed by atoms with van der Waals surface area (Å²) >= 11 is 0. The molecule has 0 spiro atoms. The van der Waals surface area contributed by atoms with Crippen LogP contribution in [0.2, 0.25) is 0 Å². The molecule has 0 bridgehead atoms. The zero-order valence-corrected chi connectivity index (χ0v) is 8.01. The molecule has 3 nitrogen and oxygen atoms in total. The number of fused-ring (bicyclic) bond motifs is 2. The lowest BCUT2D eigenvalue weighted by molar-refractivity contribution is -0.133. The van der Waals surface area contributed by atoms with Crippen LogP contribution in [0.4, 0.5) is 0 Å². The van der Waals surface area contributed by atoms with E-state index in [-0.39, 0.29) is 24.2 Å². The Morgan fingerprint density at radius 3 is 2.67 bits per heavy atom. The van der Waals surface area contributed by atoms with Gasteiger partial charge in [0.1, 0.15) is 6.04 Å². The molecule has 1 saturated heterocycles. The molecule has 3 rings (SSSR count). The van der Waals surface area contributed by atoms with Crippen molar-refractivity contribution in [3.05, 3.63) is 34.7 Å². The van der Waals surface area contributed by atoms with Crippen molar-refractivity contribution in [1.82, 2.24) is 4.90 Å². The Bertz CT molecular complexity index is 574. The maximum Gasteiger partial charge on any atom is 0.226 e. The van der Waals surface area contributed by atoms with Crippen LogP contribution >= 0.6 is 0 Å². The second-order valence-corrected chi connectivity index (χ2v) is 3.83. The topological polar surface area (TPSA) is 37.4 Å². The van der Waals surface area contributed by atoms with E-state index in [2.05, 4.69) is 0 Å². The highest BCUT2D eigenvalue weighted by atomic mass is 16.2. The monoisotopic (exact) mass is 199 g/mol. The maximum atomic E-state index is 11.5. The molecule has 0 N–H and O–H groups in total. The highest BCUT2D eigenvalue weighted by molar-refractivity contribution is 6.43. The Labute approximate surface area is 86.3 Å². The minimum absolute atomic E-state index is 0.217. The van der Waals surface area contributed by atoms with Crippen molar-refractivity contribution in [2.24, 2.45) is 0 Å². The van der Waals surface area contributed by atoms with Crippen molar-refractivity contribution in [3.8, 4) is 0 Å². The third kappa shape index (κ3) is 1.13. The Hall–Kier alpha value is -1.90. The van der Waals surface area contributed by atoms with E-state index in [4.69, 9.17) is 0 Å². The average molecular weight is 199 g/mol. The van der Waals surface area contributed by atoms with Crippen LogP contribution in [0.5, 0.6) is 0 Å². The van der Waals surface area contributed by atoms with Gasteiger partial charge < -0.3 is 4.90 Å². The molecule has 15 heavy (non-hydrogen) atoms. The fourth-order valence-corrected chi connectivity index (χ4v) is 2.08. The summed E-state index contributed by atoms with van der Waals surface area (Å²) in [6, 6.07) is 7.45. The summed E-state index contributed by atoms with van der Waals surface area (Å²) in [4.78, 5) is 24.6. The number of hydrogen-bond donors (Lipinski definition) is 0. The van der Waals surface area contributed by atoms with Gasteiger partial charge in [-0.15, -0.1) is 0 Å². The summed E-state index contributed by atoms with van der Waals surface area (Å²) in [6.07, 6.45) is 3.76. The highest BCUT2D eigenvalue weighted by Crippen LogP contribution is 2.13. The summed E-state index contributed by atoms with van der Waals surface area (Å²) in [6.45, 7) is 0.217. The van der Waals surface area contributed by atoms with E-state index in [1.54, 1.807) is 4.90 Å². The van der Waals surface area contributed by atoms with Crippen molar-refractivity contribution in [1.29, 1.82) is 0 Å². The molecule has 74 valence electrons. The lowest BCUT2D eigenvalue weighted by atomic mass is 10.1. The zero-order valence-electron chi connectivity index (χ0n) is 8.01. The van der Waals surface area contributed by atoms with Crippen molar-refractivity contribution >= 4 is 23.8 Å². The molecule has 1 aromatic rings. The highest BCUT2D eigenvalue weighted by Gasteiger charge is 2.36. The number of hydrogen-bond acceptors (Lipinski definition) is 3. The summed E-state index contributed by atoms with van der Waals surface area (Å²) in [7, 11) is 0. The van der Waals surface area contributed by atoms with E-state index in [9.17, 15) is 9.59 Å². The van der Waals surface area contributed by atoms with Gasteiger partial charge in [0.25, 0.3) is 0 Å². The van der Waals surface area contributed by atoms with E-state index < -0.39 is 0 Å². The Kier molecular flexibility index (Phi) is 1.57. The van der Waals surface area contributed by atoms with E-state index in [0.717, 1.165) is 10.4 Å². The summed E-state index contributed by atoms with van der Waals surface area (Å²) in [5.74, 6) is -0.582. The molecule has 0 saturated carbocycles. The van der Waals surface area contributed by atoms with Gasteiger partial charge in [-0.05, 0) is 16.5 Å². The van der Waals surface area contributed by atoms with Gasteiger partial charge in [0.2, 0.25) is 11.6 Å². The van der Waals surface area contributed by atoms with Crippen LogP contribution in [-0.2, 0) is 9.59 Å². The molecular formula is C12H9NO2. The van der Waals surface area contributed by atoms with E-state index in [1.165, 1.54) is 0 Å². The van der Waals surface area contributed by atoms with Gasteiger partial charge in [-0.2, -0.15) is 0 Å². The normalized spacial score (nSPS) is 22.9. The summed E-state index contributed by atoms with van der Waals surface area (Å²) in [5.41, 5.74) is 0. The second kappa shape index (κ2) is 2.79. The van der Waals surface area contributed by atoms with Gasteiger partial charge >= 0.3 is 0 Å². The number of Topliss-reactive ketones (excluding diaryl/α,β-unsaturated/α-hetero) is 2. The van der Waals surface area contributed by atoms with Gasteiger partial charge in [-0.3, -0.25) is 9.59 Å². The molecule has 0 radical (unpaired) electrons. The first-order valence-electron chi connectivity index (χ1n) is 4.87. The van der Waals surface area contributed by atoms with Gasteiger partial charge in [-0.25, -0.2) is 0 Å². The van der Waals surface area contributed by atoms with E-state index >= 15 is 0 Å². The molecule has 0 aromatic heterocycles. The first-order valence-corrected chi connectivity index (χ1v) is 4.87.